The summed E-state index contributed by atoms with van der Waals surface area (Å²) in [5, 5.41) is 6.58. The van der Waals surface area contributed by atoms with Crippen molar-refractivity contribution < 1.29 is 14.1 Å². The number of amides is 2. The number of benzene rings is 1. The predicted octanol–water partition coefficient (Wildman–Crippen LogP) is 2.59. The van der Waals surface area contributed by atoms with Gasteiger partial charge in [-0.1, -0.05) is 22.9 Å². The number of hydrogen-bond donors (Lipinski definition) is 1. The van der Waals surface area contributed by atoms with Crippen molar-refractivity contribution in [2.45, 2.75) is 27.7 Å². The smallest absolute Gasteiger partial charge is 0.244 e. The van der Waals surface area contributed by atoms with Crippen LogP contribution in [-0.4, -0.2) is 23.5 Å². The largest absolute Gasteiger partial charge is 0.360 e. The van der Waals surface area contributed by atoms with Gasteiger partial charge in [-0.25, -0.2) is 0 Å². The first-order chi connectivity index (χ1) is 10.4. The number of nitrogens with one attached hydrogen (secondary N) is 1. The third-order valence-corrected chi connectivity index (χ3v) is 3.23. The molecule has 6 heteroatoms. The van der Waals surface area contributed by atoms with Crippen LogP contribution in [0.4, 0.5) is 11.5 Å². The van der Waals surface area contributed by atoms with E-state index in [1.807, 2.05) is 32.0 Å². The van der Waals surface area contributed by atoms with Crippen molar-refractivity contribution >= 4 is 23.3 Å². The quantitative estimate of drug-likeness (QED) is 0.941. The van der Waals surface area contributed by atoms with Crippen molar-refractivity contribution in [1.82, 2.24) is 5.16 Å². The summed E-state index contributed by atoms with van der Waals surface area (Å²) in [6, 6.07) is 7.37. The molecule has 0 spiro atoms. The summed E-state index contributed by atoms with van der Waals surface area (Å²) < 4.78 is 4.95. The zero-order chi connectivity index (χ0) is 16.3. The van der Waals surface area contributed by atoms with Crippen LogP contribution < -0.4 is 10.2 Å². The van der Waals surface area contributed by atoms with Gasteiger partial charge in [-0.2, -0.15) is 0 Å². The van der Waals surface area contributed by atoms with Crippen LogP contribution in [0.2, 0.25) is 0 Å². The first-order valence-corrected chi connectivity index (χ1v) is 6.95. The molecule has 0 saturated heterocycles. The van der Waals surface area contributed by atoms with Gasteiger partial charge >= 0.3 is 0 Å². The highest BCUT2D eigenvalue weighted by Gasteiger charge is 2.19. The topological polar surface area (TPSA) is 75.4 Å². The fraction of sp³-hybridized carbons (Fsp3) is 0.312. The summed E-state index contributed by atoms with van der Waals surface area (Å²) in [5.41, 5.74) is 2.83. The summed E-state index contributed by atoms with van der Waals surface area (Å²) in [6.07, 6.45) is 0. The first-order valence-electron chi connectivity index (χ1n) is 6.95. The predicted molar refractivity (Wildman–Crippen MR) is 83.8 cm³/mol. The number of aryl methyl sites for hydroxylation is 3. The summed E-state index contributed by atoms with van der Waals surface area (Å²) >= 11 is 0. The normalized spacial score (nSPS) is 10.4. The number of hydrogen-bond acceptors (Lipinski definition) is 4. The molecule has 0 unspecified atom stereocenters. The Labute approximate surface area is 129 Å². The fourth-order valence-corrected chi connectivity index (χ4v) is 2.12. The molecule has 1 N–H and O–H groups in total. The molecule has 0 radical (unpaired) electrons. The maximum absolute atomic E-state index is 12.2. The molecule has 0 atom stereocenters. The number of carbonyl (C=O) groups excluding carboxylic acids is 2. The Bertz CT molecular complexity index is 706. The zero-order valence-electron chi connectivity index (χ0n) is 13.1. The van der Waals surface area contributed by atoms with Crippen LogP contribution >= 0.6 is 0 Å². The Morgan fingerprint density at radius 1 is 1.23 bits per heavy atom. The zero-order valence-corrected chi connectivity index (χ0v) is 13.1. The monoisotopic (exact) mass is 301 g/mol. The second kappa shape index (κ2) is 6.43. The average Bonchev–Trinajstić information content (AvgIpc) is 2.85. The Morgan fingerprint density at radius 2 is 1.95 bits per heavy atom. The standard InChI is InChI=1S/C16H19N3O3/c1-10-5-6-14(11(2)7-10)17-16(21)9-19(13(4)20)15-8-12(3)22-18-15/h5-8H,9H2,1-4H3,(H,17,21). The average molecular weight is 301 g/mol. The summed E-state index contributed by atoms with van der Waals surface area (Å²) in [6.45, 7) is 6.91. The highest BCUT2D eigenvalue weighted by atomic mass is 16.5. The Balaban J connectivity index is 2.10. The molecular weight excluding hydrogens is 282 g/mol. The van der Waals surface area contributed by atoms with Gasteiger partial charge < -0.3 is 9.84 Å². The lowest BCUT2D eigenvalue weighted by molar-refractivity contribution is -0.120. The molecule has 0 aliphatic carbocycles. The van der Waals surface area contributed by atoms with Crippen molar-refractivity contribution in [2.75, 3.05) is 16.8 Å². The van der Waals surface area contributed by atoms with Crippen LogP contribution in [0.15, 0.2) is 28.8 Å². The van der Waals surface area contributed by atoms with Crippen molar-refractivity contribution in [3.63, 3.8) is 0 Å². The van der Waals surface area contributed by atoms with Gasteiger partial charge in [0.2, 0.25) is 11.8 Å². The van der Waals surface area contributed by atoms with Crippen LogP contribution in [0.3, 0.4) is 0 Å². The molecule has 0 fully saturated rings. The van der Waals surface area contributed by atoms with Gasteiger partial charge in [-0.05, 0) is 32.4 Å². The fourth-order valence-electron chi connectivity index (χ4n) is 2.12. The van der Waals surface area contributed by atoms with E-state index in [9.17, 15) is 9.59 Å². The molecule has 116 valence electrons. The number of anilines is 2. The van der Waals surface area contributed by atoms with E-state index in [0.29, 0.717) is 11.6 Å². The van der Waals surface area contributed by atoms with Crippen molar-refractivity contribution in [2.24, 2.45) is 0 Å². The van der Waals surface area contributed by atoms with E-state index in [2.05, 4.69) is 10.5 Å². The maximum atomic E-state index is 12.2. The third kappa shape index (κ3) is 3.72. The number of carbonyl (C=O) groups is 2. The maximum Gasteiger partial charge on any atom is 0.244 e. The van der Waals surface area contributed by atoms with E-state index in [4.69, 9.17) is 4.52 Å². The molecule has 2 aromatic rings. The van der Waals surface area contributed by atoms with Crippen molar-refractivity contribution in [3.8, 4) is 0 Å². The molecule has 0 aliphatic heterocycles. The number of rotatable bonds is 4. The molecule has 1 aromatic carbocycles. The van der Waals surface area contributed by atoms with Crippen LogP contribution in [-0.2, 0) is 9.59 Å². The van der Waals surface area contributed by atoms with Gasteiger partial charge in [-0.15, -0.1) is 0 Å². The molecule has 22 heavy (non-hydrogen) atoms. The van der Waals surface area contributed by atoms with E-state index in [-0.39, 0.29) is 18.4 Å². The summed E-state index contributed by atoms with van der Waals surface area (Å²) in [5.74, 6) is 0.351. The molecule has 0 aliphatic rings. The molecule has 0 bridgehead atoms. The van der Waals surface area contributed by atoms with Crippen molar-refractivity contribution in [1.29, 1.82) is 0 Å². The van der Waals surface area contributed by atoms with Gasteiger partial charge in [0.05, 0.1) is 0 Å². The van der Waals surface area contributed by atoms with E-state index in [1.165, 1.54) is 11.8 Å². The van der Waals surface area contributed by atoms with Crippen molar-refractivity contribution in [3.05, 3.63) is 41.2 Å². The second-order valence-electron chi connectivity index (χ2n) is 5.27. The van der Waals surface area contributed by atoms with Crippen LogP contribution in [0, 0.1) is 20.8 Å². The minimum atomic E-state index is -0.289. The van der Waals surface area contributed by atoms with Crippen LogP contribution in [0.5, 0.6) is 0 Å². The van der Waals surface area contributed by atoms with E-state index in [0.717, 1.165) is 16.8 Å². The van der Waals surface area contributed by atoms with Gasteiger partial charge in [0.1, 0.15) is 12.3 Å². The van der Waals surface area contributed by atoms with E-state index in [1.54, 1.807) is 13.0 Å². The lowest BCUT2D eigenvalue weighted by Crippen LogP contribution is -2.37. The van der Waals surface area contributed by atoms with Crippen LogP contribution in [0.1, 0.15) is 23.8 Å². The number of aromatic nitrogens is 1. The van der Waals surface area contributed by atoms with Gasteiger partial charge in [0.25, 0.3) is 0 Å². The van der Waals surface area contributed by atoms with Gasteiger partial charge in [-0.3, -0.25) is 14.5 Å². The molecule has 1 heterocycles. The minimum absolute atomic E-state index is 0.116. The highest BCUT2D eigenvalue weighted by Crippen LogP contribution is 2.17. The highest BCUT2D eigenvalue weighted by molar-refractivity contribution is 6.01. The molecule has 6 nitrogen and oxygen atoms in total. The Kier molecular flexibility index (Phi) is 4.60. The van der Waals surface area contributed by atoms with Gasteiger partial charge in [0.15, 0.2) is 5.82 Å². The minimum Gasteiger partial charge on any atom is -0.360 e. The van der Waals surface area contributed by atoms with Gasteiger partial charge in [0, 0.05) is 18.7 Å². The SMILES string of the molecule is CC(=O)N(CC(=O)Nc1ccc(C)cc1C)c1cc(C)on1. The number of nitrogens with zero attached hydrogens (tertiary/aromatic N) is 2. The molecule has 1 aromatic heterocycles. The lowest BCUT2D eigenvalue weighted by atomic mass is 10.1. The molecular formula is C16H19N3O3. The molecule has 0 saturated carbocycles. The molecule has 2 amide bonds. The third-order valence-electron chi connectivity index (χ3n) is 3.23. The summed E-state index contributed by atoms with van der Waals surface area (Å²) in [7, 11) is 0. The van der Waals surface area contributed by atoms with E-state index >= 15 is 0 Å². The first kappa shape index (κ1) is 15.8. The second-order valence-corrected chi connectivity index (χ2v) is 5.27. The lowest BCUT2D eigenvalue weighted by Gasteiger charge is -2.17. The molecule has 2 rings (SSSR count). The van der Waals surface area contributed by atoms with Crippen LogP contribution in [0.25, 0.3) is 0 Å². The Hall–Kier alpha value is -2.63. The Morgan fingerprint density at radius 3 is 2.50 bits per heavy atom. The summed E-state index contributed by atoms with van der Waals surface area (Å²) in [4.78, 5) is 25.2. The van der Waals surface area contributed by atoms with E-state index < -0.39 is 0 Å².